The van der Waals surface area contributed by atoms with E-state index in [1.807, 2.05) is 0 Å². The Hall–Kier alpha value is -0.520. The topological polar surface area (TPSA) is 46.2 Å². The molecule has 0 unspecified atom stereocenters. The average Bonchev–Trinajstić information content (AvgIpc) is 3.06. The Bertz CT molecular complexity index is 409. The number of aliphatic hydroxyl groups is 1. The van der Waals surface area contributed by atoms with Gasteiger partial charge < -0.3 is 10.8 Å². The number of hydrogen-bond acceptors (Lipinski definition) is 2. The van der Waals surface area contributed by atoms with Crippen molar-refractivity contribution in [1.29, 1.82) is 0 Å². The lowest BCUT2D eigenvalue weighted by atomic mass is 9.98. The normalized spacial score (nSPS) is 19.6. The van der Waals surface area contributed by atoms with Crippen molar-refractivity contribution >= 4 is 15.9 Å². The molecular weight excluding hydrogens is 280 g/mol. The molecule has 5 heteroatoms. The smallest absolute Gasteiger partial charge is 0.145 e. The Morgan fingerprint density at radius 1 is 1.38 bits per heavy atom. The summed E-state index contributed by atoms with van der Waals surface area (Å²) in [6.07, 6.45) is 0.858. The zero-order chi connectivity index (χ0) is 11.9. The summed E-state index contributed by atoms with van der Waals surface area (Å²) in [6, 6.07) is 1.41. The number of hydrogen-bond donors (Lipinski definition) is 2. The molecule has 1 saturated carbocycles. The highest BCUT2D eigenvalue weighted by Crippen LogP contribution is 2.38. The number of nitrogens with two attached hydrogens (primary N) is 1. The zero-order valence-electron chi connectivity index (χ0n) is 8.46. The minimum Gasteiger partial charge on any atom is -0.391 e. The third kappa shape index (κ3) is 2.12. The van der Waals surface area contributed by atoms with E-state index in [4.69, 9.17) is 5.73 Å². The van der Waals surface area contributed by atoms with Gasteiger partial charge in [-0.05, 0) is 46.8 Å². The van der Waals surface area contributed by atoms with E-state index in [-0.39, 0.29) is 16.0 Å². The lowest BCUT2D eigenvalue weighted by Crippen LogP contribution is -2.29. The molecule has 2 atom stereocenters. The van der Waals surface area contributed by atoms with Crippen LogP contribution in [0, 0.1) is 17.6 Å². The number of rotatable bonds is 3. The quantitative estimate of drug-likeness (QED) is 0.841. The highest BCUT2D eigenvalue weighted by molar-refractivity contribution is 9.10. The molecule has 0 radical (unpaired) electrons. The van der Waals surface area contributed by atoms with Gasteiger partial charge in [-0.25, -0.2) is 8.78 Å². The number of aliphatic hydroxyl groups excluding tert-OH is 1. The van der Waals surface area contributed by atoms with Crippen molar-refractivity contribution in [2.45, 2.75) is 25.0 Å². The van der Waals surface area contributed by atoms with E-state index >= 15 is 0 Å². The van der Waals surface area contributed by atoms with Gasteiger partial charge in [0.1, 0.15) is 11.6 Å². The molecule has 0 spiro atoms. The van der Waals surface area contributed by atoms with Crippen molar-refractivity contribution in [3.05, 3.63) is 33.8 Å². The van der Waals surface area contributed by atoms with Crippen LogP contribution >= 0.6 is 15.9 Å². The maximum absolute atomic E-state index is 13.7. The van der Waals surface area contributed by atoms with Gasteiger partial charge in [0.2, 0.25) is 0 Å². The van der Waals surface area contributed by atoms with E-state index in [2.05, 4.69) is 15.9 Å². The summed E-state index contributed by atoms with van der Waals surface area (Å²) in [5, 5.41) is 9.78. The maximum Gasteiger partial charge on any atom is 0.145 e. The lowest BCUT2D eigenvalue weighted by Gasteiger charge is -2.20. The highest BCUT2D eigenvalue weighted by Gasteiger charge is 2.36. The van der Waals surface area contributed by atoms with Gasteiger partial charge in [0, 0.05) is 5.56 Å². The molecule has 1 aliphatic carbocycles. The third-order valence-corrected chi connectivity index (χ3v) is 3.50. The summed E-state index contributed by atoms with van der Waals surface area (Å²) in [6.45, 7) is 0. The van der Waals surface area contributed by atoms with Crippen LogP contribution in [0.5, 0.6) is 0 Å². The molecule has 0 aromatic heterocycles. The summed E-state index contributed by atoms with van der Waals surface area (Å²) in [5.74, 6) is -1.37. The molecule has 88 valence electrons. The standard InChI is InChI=1S/C11H12BrF2NO/c12-6-3-4-7(13)8(9(6)14)10(15)11(16)5-1-2-5/h3-5,10-11,16H,1-2,15H2/t10-,11+/m0/s1. The molecular formula is C11H12BrF2NO. The van der Waals surface area contributed by atoms with E-state index < -0.39 is 23.8 Å². The van der Waals surface area contributed by atoms with E-state index in [1.54, 1.807) is 0 Å². The second kappa shape index (κ2) is 4.39. The fourth-order valence-corrected chi connectivity index (χ4v) is 2.10. The summed E-state index contributed by atoms with van der Waals surface area (Å²) in [4.78, 5) is 0. The van der Waals surface area contributed by atoms with E-state index in [0.29, 0.717) is 0 Å². The van der Waals surface area contributed by atoms with Crippen LogP contribution in [-0.4, -0.2) is 11.2 Å². The molecule has 3 N–H and O–H groups in total. The molecule has 2 nitrogen and oxygen atoms in total. The second-order valence-corrected chi connectivity index (χ2v) is 4.97. The van der Waals surface area contributed by atoms with Crippen molar-refractivity contribution in [2.24, 2.45) is 11.7 Å². The maximum atomic E-state index is 13.7. The molecule has 1 aromatic rings. The van der Waals surface area contributed by atoms with Gasteiger partial charge >= 0.3 is 0 Å². The van der Waals surface area contributed by atoms with Crippen LogP contribution in [-0.2, 0) is 0 Å². The Labute approximate surface area is 101 Å². The SMILES string of the molecule is N[C@@H](c1c(F)ccc(Br)c1F)[C@H](O)C1CC1. The van der Waals surface area contributed by atoms with Crippen LogP contribution in [0.1, 0.15) is 24.4 Å². The van der Waals surface area contributed by atoms with Gasteiger partial charge in [-0.2, -0.15) is 0 Å². The molecule has 1 fully saturated rings. The van der Waals surface area contributed by atoms with Crippen LogP contribution in [0.2, 0.25) is 0 Å². The fourth-order valence-electron chi connectivity index (χ4n) is 1.75. The first-order chi connectivity index (χ1) is 7.52. The van der Waals surface area contributed by atoms with Gasteiger partial charge in [0.25, 0.3) is 0 Å². The predicted molar refractivity (Wildman–Crippen MR) is 59.7 cm³/mol. The Balaban J connectivity index is 2.34. The molecule has 0 amide bonds. The zero-order valence-corrected chi connectivity index (χ0v) is 10.0. The van der Waals surface area contributed by atoms with Gasteiger partial charge in [-0.3, -0.25) is 0 Å². The first-order valence-corrected chi connectivity index (χ1v) is 5.88. The van der Waals surface area contributed by atoms with Gasteiger partial charge in [-0.15, -0.1) is 0 Å². The molecule has 1 aromatic carbocycles. The number of benzene rings is 1. The van der Waals surface area contributed by atoms with E-state index in [1.165, 1.54) is 6.07 Å². The average molecular weight is 292 g/mol. The van der Waals surface area contributed by atoms with Crippen LogP contribution < -0.4 is 5.73 Å². The van der Waals surface area contributed by atoms with Gasteiger partial charge in [0.05, 0.1) is 16.6 Å². The monoisotopic (exact) mass is 291 g/mol. The van der Waals surface area contributed by atoms with E-state index in [0.717, 1.165) is 18.9 Å². The first kappa shape index (κ1) is 12.0. The first-order valence-electron chi connectivity index (χ1n) is 5.09. The second-order valence-electron chi connectivity index (χ2n) is 4.11. The summed E-state index contributed by atoms with van der Waals surface area (Å²) < 4.78 is 27.3. The van der Waals surface area contributed by atoms with Gasteiger partial charge in [-0.1, -0.05) is 0 Å². The molecule has 0 heterocycles. The van der Waals surface area contributed by atoms with Crippen molar-refractivity contribution < 1.29 is 13.9 Å². The predicted octanol–water partition coefficient (Wildman–Crippen LogP) is 2.50. The molecule has 0 saturated heterocycles. The summed E-state index contributed by atoms with van der Waals surface area (Å²) in [5.41, 5.74) is 5.46. The molecule has 0 bridgehead atoms. The summed E-state index contributed by atoms with van der Waals surface area (Å²) in [7, 11) is 0. The minimum atomic E-state index is -1.01. The van der Waals surface area contributed by atoms with Crippen molar-refractivity contribution in [2.75, 3.05) is 0 Å². The molecule has 0 aliphatic heterocycles. The molecule has 16 heavy (non-hydrogen) atoms. The van der Waals surface area contributed by atoms with E-state index in [9.17, 15) is 13.9 Å². The lowest BCUT2D eigenvalue weighted by molar-refractivity contribution is 0.119. The Morgan fingerprint density at radius 3 is 2.56 bits per heavy atom. The largest absolute Gasteiger partial charge is 0.391 e. The Kier molecular flexibility index (Phi) is 3.28. The number of halogens is 3. The van der Waals surface area contributed by atoms with Crippen LogP contribution in [0.3, 0.4) is 0 Å². The van der Waals surface area contributed by atoms with Crippen LogP contribution in [0.25, 0.3) is 0 Å². The Morgan fingerprint density at radius 2 is 2.00 bits per heavy atom. The minimum absolute atomic E-state index is 0.0766. The van der Waals surface area contributed by atoms with Crippen LogP contribution in [0.15, 0.2) is 16.6 Å². The van der Waals surface area contributed by atoms with Crippen molar-refractivity contribution in [1.82, 2.24) is 0 Å². The fraction of sp³-hybridized carbons (Fsp3) is 0.455. The van der Waals surface area contributed by atoms with Gasteiger partial charge in [0.15, 0.2) is 0 Å². The third-order valence-electron chi connectivity index (χ3n) is 2.89. The molecule has 2 rings (SSSR count). The van der Waals surface area contributed by atoms with Crippen LogP contribution in [0.4, 0.5) is 8.78 Å². The highest BCUT2D eigenvalue weighted by atomic mass is 79.9. The summed E-state index contributed by atoms with van der Waals surface area (Å²) >= 11 is 2.97. The van der Waals surface area contributed by atoms with Crippen molar-refractivity contribution in [3.63, 3.8) is 0 Å². The van der Waals surface area contributed by atoms with Crippen molar-refractivity contribution in [3.8, 4) is 0 Å². The molecule has 1 aliphatic rings.